The van der Waals surface area contributed by atoms with Gasteiger partial charge in [-0.3, -0.25) is 9.59 Å². The number of ether oxygens (including phenoxy) is 1. The lowest BCUT2D eigenvalue weighted by atomic mass is 10.2. The van der Waals surface area contributed by atoms with Gasteiger partial charge in [0.05, 0.1) is 12.5 Å². The zero-order valence-corrected chi connectivity index (χ0v) is 8.90. The maximum atomic E-state index is 11.5. The third-order valence-corrected chi connectivity index (χ3v) is 2.07. The van der Waals surface area contributed by atoms with Crippen molar-refractivity contribution < 1.29 is 19.4 Å². The zero-order valence-electron chi connectivity index (χ0n) is 8.90. The average Bonchev–Trinajstić information content (AvgIpc) is 2.76. The molecule has 1 atom stereocenters. The molecule has 6 heteroatoms. The summed E-state index contributed by atoms with van der Waals surface area (Å²) in [5.41, 5.74) is 0.435. The van der Waals surface area contributed by atoms with E-state index in [2.05, 4.69) is 10.3 Å². The molecule has 6 nitrogen and oxygen atoms in total. The molecule has 0 saturated carbocycles. The predicted octanol–water partition coefficient (Wildman–Crippen LogP) is 0.234. The maximum Gasteiger partial charge on any atom is 0.306 e. The van der Waals surface area contributed by atoms with Gasteiger partial charge in [0, 0.05) is 19.9 Å². The minimum atomic E-state index is -0.957. The van der Waals surface area contributed by atoms with Crippen molar-refractivity contribution in [1.29, 1.82) is 0 Å². The molecule has 1 unspecified atom stereocenters. The molecule has 1 heterocycles. The summed E-state index contributed by atoms with van der Waals surface area (Å²) in [7, 11) is 1.41. The van der Waals surface area contributed by atoms with Crippen molar-refractivity contribution in [2.75, 3.05) is 13.7 Å². The van der Waals surface area contributed by atoms with E-state index in [1.54, 1.807) is 18.3 Å². The first-order valence-electron chi connectivity index (χ1n) is 4.79. The Morgan fingerprint density at radius 3 is 2.88 bits per heavy atom. The van der Waals surface area contributed by atoms with Gasteiger partial charge in [0.1, 0.15) is 5.69 Å². The van der Waals surface area contributed by atoms with Gasteiger partial charge in [-0.25, -0.2) is 0 Å². The van der Waals surface area contributed by atoms with Gasteiger partial charge in [-0.15, -0.1) is 0 Å². The Morgan fingerprint density at radius 1 is 1.62 bits per heavy atom. The number of carboxylic acids is 1. The number of carbonyl (C=O) groups excluding carboxylic acids is 1. The van der Waals surface area contributed by atoms with Crippen molar-refractivity contribution in [3.05, 3.63) is 24.0 Å². The topological polar surface area (TPSA) is 91.4 Å². The van der Waals surface area contributed by atoms with Crippen LogP contribution >= 0.6 is 0 Å². The number of nitrogens with one attached hydrogen (secondary N) is 2. The molecule has 0 aliphatic heterocycles. The molecule has 0 saturated heterocycles. The number of rotatable bonds is 6. The minimum absolute atomic E-state index is 0.137. The first kappa shape index (κ1) is 12.3. The second-order valence-corrected chi connectivity index (χ2v) is 3.25. The van der Waals surface area contributed by atoms with Crippen LogP contribution in [-0.4, -0.2) is 41.7 Å². The van der Waals surface area contributed by atoms with E-state index in [4.69, 9.17) is 9.84 Å². The van der Waals surface area contributed by atoms with Gasteiger partial charge in [0.25, 0.3) is 5.91 Å². The van der Waals surface area contributed by atoms with E-state index in [-0.39, 0.29) is 18.9 Å². The van der Waals surface area contributed by atoms with Crippen LogP contribution in [0.25, 0.3) is 0 Å². The third kappa shape index (κ3) is 3.74. The van der Waals surface area contributed by atoms with E-state index < -0.39 is 12.1 Å². The average molecular weight is 226 g/mol. The molecular weight excluding hydrogens is 212 g/mol. The Bertz CT molecular complexity index is 348. The summed E-state index contributed by atoms with van der Waals surface area (Å²) in [6, 6.07) is 3.34. The fourth-order valence-corrected chi connectivity index (χ4v) is 1.21. The highest BCUT2D eigenvalue weighted by Crippen LogP contribution is 1.98. The highest BCUT2D eigenvalue weighted by molar-refractivity contribution is 5.92. The number of carbonyl (C=O) groups is 2. The standard InChI is InChI=1S/C10H14N2O4/c1-16-7(5-9(13)14)6-12-10(15)8-3-2-4-11-8/h2-4,7,11H,5-6H2,1H3,(H,12,15)(H,13,14). The summed E-state index contributed by atoms with van der Waals surface area (Å²) < 4.78 is 4.92. The number of methoxy groups -OCH3 is 1. The summed E-state index contributed by atoms with van der Waals surface area (Å²) in [6.45, 7) is 0.167. The summed E-state index contributed by atoms with van der Waals surface area (Å²) in [5, 5.41) is 11.1. The van der Waals surface area contributed by atoms with Crippen LogP contribution in [0.3, 0.4) is 0 Å². The number of hydrogen-bond donors (Lipinski definition) is 3. The fourth-order valence-electron chi connectivity index (χ4n) is 1.21. The van der Waals surface area contributed by atoms with Crippen LogP contribution in [0.1, 0.15) is 16.9 Å². The number of amides is 1. The van der Waals surface area contributed by atoms with E-state index in [1.807, 2.05) is 0 Å². The Morgan fingerprint density at radius 2 is 2.38 bits per heavy atom. The number of aliphatic carboxylic acids is 1. The molecule has 0 fully saturated rings. The summed E-state index contributed by atoms with van der Waals surface area (Å²) in [6.07, 6.45) is 0.984. The van der Waals surface area contributed by atoms with Gasteiger partial charge in [-0.2, -0.15) is 0 Å². The van der Waals surface area contributed by atoms with Crippen LogP contribution in [0.15, 0.2) is 18.3 Å². The van der Waals surface area contributed by atoms with Gasteiger partial charge in [-0.05, 0) is 12.1 Å². The van der Waals surface area contributed by atoms with Crippen LogP contribution < -0.4 is 5.32 Å². The van der Waals surface area contributed by atoms with E-state index in [9.17, 15) is 9.59 Å². The summed E-state index contributed by atoms with van der Waals surface area (Å²) in [4.78, 5) is 24.7. The molecule has 3 N–H and O–H groups in total. The van der Waals surface area contributed by atoms with Crippen LogP contribution in [0.2, 0.25) is 0 Å². The lowest BCUT2D eigenvalue weighted by Gasteiger charge is -2.13. The second-order valence-electron chi connectivity index (χ2n) is 3.25. The number of carboxylic acid groups (broad SMARTS) is 1. The minimum Gasteiger partial charge on any atom is -0.481 e. The molecule has 1 amide bonds. The highest BCUT2D eigenvalue weighted by atomic mass is 16.5. The molecule has 0 aromatic carbocycles. The van der Waals surface area contributed by atoms with E-state index in [0.717, 1.165) is 0 Å². The Hall–Kier alpha value is -1.82. The molecular formula is C10H14N2O4. The SMILES string of the molecule is COC(CNC(=O)c1ccc[nH]1)CC(=O)O. The molecule has 1 aromatic rings. The first-order chi connectivity index (χ1) is 7.63. The van der Waals surface area contributed by atoms with Gasteiger partial charge >= 0.3 is 5.97 Å². The van der Waals surface area contributed by atoms with Crippen LogP contribution in [0.4, 0.5) is 0 Å². The predicted molar refractivity (Wildman–Crippen MR) is 56.2 cm³/mol. The number of aromatic amines is 1. The zero-order chi connectivity index (χ0) is 12.0. The summed E-state index contributed by atoms with van der Waals surface area (Å²) in [5.74, 6) is -1.24. The van der Waals surface area contributed by atoms with Gasteiger partial charge in [0.2, 0.25) is 0 Å². The van der Waals surface area contributed by atoms with Crippen LogP contribution in [0.5, 0.6) is 0 Å². The Balaban J connectivity index is 2.38. The monoisotopic (exact) mass is 226 g/mol. The normalized spacial score (nSPS) is 12.1. The molecule has 0 spiro atoms. The molecule has 88 valence electrons. The van der Waals surface area contributed by atoms with Crippen molar-refractivity contribution >= 4 is 11.9 Å². The Labute approximate surface area is 92.6 Å². The van der Waals surface area contributed by atoms with Crippen LogP contribution in [0, 0.1) is 0 Å². The number of H-pyrrole nitrogens is 1. The van der Waals surface area contributed by atoms with E-state index in [1.165, 1.54) is 7.11 Å². The van der Waals surface area contributed by atoms with Crippen LogP contribution in [-0.2, 0) is 9.53 Å². The highest BCUT2D eigenvalue weighted by Gasteiger charge is 2.14. The fraction of sp³-hybridized carbons (Fsp3) is 0.400. The lowest BCUT2D eigenvalue weighted by molar-refractivity contribution is -0.139. The maximum absolute atomic E-state index is 11.5. The van der Waals surface area contributed by atoms with Crippen molar-refractivity contribution in [2.24, 2.45) is 0 Å². The van der Waals surface area contributed by atoms with Crippen molar-refractivity contribution in [2.45, 2.75) is 12.5 Å². The smallest absolute Gasteiger partial charge is 0.306 e. The molecule has 16 heavy (non-hydrogen) atoms. The van der Waals surface area contributed by atoms with Crippen molar-refractivity contribution in [3.63, 3.8) is 0 Å². The second kappa shape index (κ2) is 5.92. The lowest BCUT2D eigenvalue weighted by Crippen LogP contribution is -2.34. The van der Waals surface area contributed by atoms with Gasteiger partial charge in [-0.1, -0.05) is 0 Å². The largest absolute Gasteiger partial charge is 0.481 e. The molecule has 0 bridgehead atoms. The quantitative estimate of drug-likeness (QED) is 0.647. The molecule has 1 rings (SSSR count). The van der Waals surface area contributed by atoms with E-state index >= 15 is 0 Å². The molecule has 0 aliphatic carbocycles. The summed E-state index contributed by atoms with van der Waals surface area (Å²) >= 11 is 0. The third-order valence-electron chi connectivity index (χ3n) is 2.07. The van der Waals surface area contributed by atoms with Gasteiger partial charge < -0.3 is 20.1 Å². The first-order valence-corrected chi connectivity index (χ1v) is 4.79. The number of aromatic nitrogens is 1. The Kier molecular flexibility index (Phi) is 4.53. The van der Waals surface area contributed by atoms with Crippen molar-refractivity contribution in [3.8, 4) is 0 Å². The molecule has 0 radical (unpaired) electrons. The molecule has 0 aliphatic rings. The molecule has 1 aromatic heterocycles. The van der Waals surface area contributed by atoms with Gasteiger partial charge in [0.15, 0.2) is 0 Å². The number of hydrogen-bond acceptors (Lipinski definition) is 3. The van der Waals surface area contributed by atoms with E-state index in [0.29, 0.717) is 5.69 Å². The van der Waals surface area contributed by atoms with Crippen molar-refractivity contribution in [1.82, 2.24) is 10.3 Å².